The van der Waals surface area contributed by atoms with E-state index in [9.17, 15) is 4.39 Å². The Balaban J connectivity index is 1.91. The smallest absolute Gasteiger partial charge is 0.123 e. The zero-order valence-electron chi connectivity index (χ0n) is 12.8. The number of nitrogens with zero attached hydrogens (tertiary/aromatic N) is 1. The molecule has 0 bridgehead atoms. The van der Waals surface area contributed by atoms with Gasteiger partial charge in [0.05, 0.1) is 0 Å². The Morgan fingerprint density at radius 3 is 2.19 bits per heavy atom. The predicted octanol–water partition coefficient (Wildman–Crippen LogP) is 3.61. The van der Waals surface area contributed by atoms with Crippen LogP contribution in [0.15, 0.2) is 48.5 Å². The van der Waals surface area contributed by atoms with Gasteiger partial charge in [-0.3, -0.25) is 0 Å². The fourth-order valence-electron chi connectivity index (χ4n) is 2.28. The van der Waals surface area contributed by atoms with Crippen molar-refractivity contribution in [1.82, 2.24) is 5.32 Å². The van der Waals surface area contributed by atoms with Crippen molar-refractivity contribution in [2.45, 2.75) is 19.9 Å². The summed E-state index contributed by atoms with van der Waals surface area (Å²) in [5.41, 5.74) is 3.63. The quantitative estimate of drug-likeness (QED) is 0.782. The zero-order valence-corrected chi connectivity index (χ0v) is 12.8. The normalized spacial score (nSPS) is 10.6. The van der Waals surface area contributed by atoms with E-state index < -0.39 is 0 Å². The second-order valence-electron chi connectivity index (χ2n) is 5.25. The van der Waals surface area contributed by atoms with E-state index in [4.69, 9.17) is 0 Å². The lowest BCUT2D eigenvalue weighted by atomic mass is 10.1. The van der Waals surface area contributed by atoms with E-state index in [2.05, 4.69) is 41.4 Å². The van der Waals surface area contributed by atoms with Gasteiger partial charge in [-0.1, -0.05) is 31.2 Å². The minimum atomic E-state index is -0.197. The molecule has 2 aromatic rings. The van der Waals surface area contributed by atoms with Crippen LogP contribution in [0.1, 0.15) is 18.1 Å². The van der Waals surface area contributed by atoms with Crippen LogP contribution in [0, 0.1) is 5.82 Å². The number of halogens is 1. The standard InChI is InChI=1S/C18H23FN2/c1-3-20-13-12-15-4-6-16(7-5-15)14-21(2)18-10-8-17(19)9-11-18/h4-11,20H,3,12-14H2,1-2H3. The Morgan fingerprint density at radius 1 is 0.952 bits per heavy atom. The van der Waals surface area contributed by atoms with Crippen LogP contribution in [0.5, 0.6) is 0 Å². The summed E-state index contributed by atoms with van der Waals surface area (Å²) < 4.78 is 12.9. The Labute approximate surface area is 126 Å². The van der Waals surface area contributed by atoms with E-state index in [1.54, 1.807) is 12.1 Å². The topological polar surface area (TPSA) is 15.3 Å². The second-order valence-corrected chi connectivity index (χ2v) is 5.25. The lowest BCUT2D eigenvalue weighted by Gasteiger charge is -2.19. The first-order valence-electron chi connectivity index (χ1n) is 7.44. The molecule has 0 amide bonds. The minimum Gasteiger partial charge on any atom is -0.370 e. The van der Waals surface area contributed by atoms with Crippen molar-refractivity contribution in [3.05, 3.63) is 65.5 Å². The van der Waals surface area contributed by atoms with E-state index in [1.165, 1.54) is 23.3 Å². The number of rotatable bonds is 7. The highest BCUT2D eigenvalue weighted by Crippen LogP contribution is 2.16. The summed E-state index contributed by atoms with van der Waals surface area (Å²) in [4.78, 5) is 2.12. The molecule has 3 heteroatoms. The Hall–Kier alpha value is -1.87. The molecule has 2 nitrogen and oxygen atoms in total. The number of likely N-dealkylation sites (N-methyl/N-ethyl adjacent to an activating group) is 1. The molecule has 112 valence electrons. The first-order valence-corrected chi connectivity index (χ1v) is 7.44. The summed E-state index contributed by atoms with van der Waals surface area (Å²) in [6, 6.07) is 15.3. The highest BCUT2D eigenvalue weighted by Gasteiger charge is 2.03. The molecule has 0 atom stereocenters. The number of benzene rings is 2. The lowest BCUT2D eigenvalue weighted by Crippen LogP contribution is -2.17. The molecule has 2 aromatic carbocycles. The van der Waals surface area contributed by atoms with Gasteiger partial charge >= 0.3 is 0 Å². The minimum absolute atomic E-state index is 0.197. The van der Waals surface area contributed by atoms with Crippen molar-refractivity contribution in [1.29, 1.82) is 0 Å². The molecule has 21 heavy (non-hydrogen) atoms. The number of hydrogen-bond acceptors (Lipinski definition) is 2. The summed E-state index contributed by atoms with van der Waals surface area (Å²) in [7, 11) is 2.02. The monoisotopic (exact) mass is 286 g/mol. The van der Waals surface area contributed by atoms with Crippen LogP contribution in [-0.4, -0.2) is 20.1 Å². The van der Waals surface area contributed by atoms with E-state index in [1.807, 2.05) is 7.05 Å². The third kappa shape index (κ3) is 4.87. The van der Waals surface area contributed by atoms with Crippen LogP contribution >= 0.6 is 0 Å². The predicted molar refractivity (Wildman–Crippen MR) is 87.2 cm³/mol. The third-order valence-electron chi connectivity index (χ3n) is 3.55. The molecule has 0 fully saturated rings. The van der Waals surface area contributed by atoms with Gasteiger partial charge in [0.2, 0.25) is 0 Å². The van der Waals surface area contributed by atoms with Gasteiger partial charge in [-0.05, 0) is 54.9 Å². The summed E-state index contributed by atoms with van der Waals surface area (Å²) in [5, 5.41) is 3.33. The van der Waals surface area contributed by atoms with E-state index in [0.29, 0.717) is 0 Å². The molecule has 0 heterocycles. The number of anilines is 1. The molecule has 0 saturated heterocycles. The first kappa shape index (κ1) is 15.5. The summed E-state index contributed by atoms with van der Waals surface area (Å²) in [6.45, 7) is 4.97. The molecule has 0 unspecified atom stereocenters. The zero-order chi connectivity index (χ0) is 15.1. The van der Waals surface area contributed by atoms with Crippen LogP contribution in [-0.2, 0) is 13.0 Å². The number of hydrogen-bond donors (Lipinski definition) is 1. The molecule has 0 aliphatic heterocycles. The van der Waals surface area contributed by atoms with Gasteiger partial charge in [-0.15, -0.1) is 0 Å². The van der Waals surface area contributed by atoms with Gasteiger partial charge in [-0.25, -0.2) is 4.39 Å². The molecule has 0 aliphatic carbocycles. The van der Waals surface area contributed by atoms with Crippen LogP contribution in [0.4, 0.5) is 10.1 Å². The van der Waals surface area contributed by atoms with E-state index >= 15 is 0 Å². The van der Waals surface area contributed by atoms with Crippen LogP contribution < -0.4 is 10.2 Å². The highest BCUT2D eigenvalue weighted by molar-refractivity contribution is 5.46. The SMILES string of the molecule is CCNCCc1ccc(CN(C)c2ccc(F)cc2)cc1. The molecule has 0 aromatic heterocycles. The third-order valence-corrected chi connectivity index (χ3v) is 3.55. The maximum atomic E-state index is 12.9. The van der Waals surface area contributed by atoms with Crippen molar-refractivity contribution < 1.29 is 4.39 Å². The molecule has 0 radical (unpaired) electrons. The molecule has 0 saturated carbocycles. The van der Waals surface area contributed by atoms with Crippen molar-refractivity contribution in [3.63, 3.8) is 0 Å². The van der Waals surface area contributed by atoms with Crippen molar-refractivity contribution in [2.75, 3.05) is 25.0 Å². The molecular formula is C18H23FN2. The molecule has 2 rings (SSSR count). The van der Waals surface area contributed by atoms with Crippen molar-refractivity contribution in [2.24, 2.45) is 0 Å². The molecular weight excluding hydrogens is 263 g/mol. The average molecular weight is 286 g/mol. The molecule has 0 spiro atoms. The number of nitrogens with one attached hydrogen (secondary N) is 1. The maximum Gasteiger partial charge on any atom is 0.123 e. The van der Waals surface area contributed by atoms with Gasteiger partial charge in [0.25, 0.3) is 0 Å². The van der Waals surface area contributed by atoms with Crippen LogP contribution in [0.25, 0.3) is 0 Å². The largest absolute Gasteiger partial charge is 0.370 e. The van der Waals surface area contributed by atoms with Gasteiger partial charge < -0.3 is 10.2 Å². The lowest BCUT2D eigenvalue weighted by molar-refractivity contribution is 0.627. The first-order chi connectivity index (χ1) is 10.2. The second kappa shape index (κ2) is 7.79. The Kier molecular flexibility index (Phi) is 5.76. The average Bonchev–Trinajstić information content (AvgIpc) is 2.50. The molecule has 1 N–H and O–H groups in total. The van der Waals surface area contributed by atoms with E-state index in [-0.39, 0.29) is 5.82 Å². The van der Waals surface area contributed by atoms with E-state index in [0.717, 1.165) is 31.7 Å². The van der Waals surface area contributed by atoms with Gasteiger partial charge in [0, 0.05) is 19.3 Å². The van der Waals surface area contributed by atoms with Crippen molar-refractivity contribution >= 4 is 5.69 Å². The maximum absolute atomic E-state index is 12.9. The Morgan fingerprint density at radius 2 is 1.57 bits per heavy atom. The fraction of sp³-hybridized carbons (Fsp3) is 0.333. The van der Waals surface area contributed by atoms with Crippen LogP contribution in [0.2, 0.25) is 0 Å². The van der Waals surface area contributed by atoms with Gasteiger partial charge in [0.15, 0.2) is 0 Å². The molecule has 0 aliphatic rings. The van der Waals surface area contributed by atoms with Gasteiger partial charge in [-0.2, -0.15) is 0 Å². The fourth-order valence-corrected chi connectivity index (χ4v) is 2.28. The van der Waals surface area contributed by atoms with Crippen LogP contribution in [0.3, 0.4) is 0 Å². The van der Waals surface area contributed by atoms with Gasteiger partial charge in [0.1, 0.15) is 5.82 Å². The summed E-state index contributed by atoms with van der Waals surface area (Å²) in [5.74, 6) is -0.197. The summed E-state index contributed by atoms with van der Waals surface area (Å²) >= 11 is 0. The van der Waals surface area contributed by atoms with Crippen molar-refractivity contribution in [3.8, 4) is 0 Å². The Bertz CT molecular complexity index is 534. The highest BCUT2D eigenvalue weighted by atomic mass is 19.1. The summed E-state index contributed by atoms with van der Waals surface area (Å²) in [6.07, 6.45) is 1.06.